The topological polar surface area (TPSA) is 163 Å². The van der Waals surface area contributed by atoms with Crippen molar-refractivity contribution in [2.24, 2.45) is 0 Å². The summed E-state index contributed by atoms with van der Waals surface area (Å²) in [5.74, 6) is -1.53. The molecule has 8 N–H and O–H groups in total. The minimum atomic E-state index is -4.06. The van der Waals surface area contributed by atoms with E-state index in [0.717, 1.165) is 0 Å². The number of benzene rings is 2. The third-order valence-corrected chi connectivity index (χ3v) is 5.52. The molecule has 2 fully saturated rings. The highest BCUT2D eigenvalue weighted by Crippen LogP contribution is 2.43. The van der Waals surface area contributed by atoms with Gasteiger partial charge in [0.05, 0.1) is 29.3 Å². The molecule has 0 amide bonds. The van der Waals surface area contributed by atoms with Crippen molar-refractivity contribution in [2.75, 3.05) is 52.4 Å². The minimum absolute atomic E-state index is 0.101. The maximum Gasteiger partial charge on any atom is 0.408 e. The molecule has 144 valence electrons. The Balaban J connectivity index is 1.70. The molecular weight excluding hydrogens is 372 g/mol. The van der Waals surface area contributed by atoms with E-state index in [1.54, 1.807) is 41.3 Å². The van der Waals surface area contributed by atoms with Crippen molar-refractivity contribution in [1.82, 2.24) is 0 Å². The highest BCUT2D eigenvalue weighted by atomic mass is 32.3. The number of anilines is 6. The van der Waals surface area contributed by atoms with Crippen molar-refractivity contribution >= 4 is 44.5 Å². The Bertz CT molecular complexity index is 1000. The predicted molar refractivity (Wildman–Crippen MR) is 104 cm³/mol. The fourth-order valence-electron chi connectivity index (χ4n) is 3.45. The lowest BCUT2D eigenvalue weighted by Gasteiger charge is -2.53. The number of nitrogens with two attached hydrogens (primary N) is 4. The maximum atomic E-state index is 11.6. The molecule has 0 atom stereocenters. The van der Waals surface area contributed by atoms with Gasteiger partial charge in [-0.25, -0.2) is 0 Å². The van der Waals surface area contributed by atoms with Gasteiger partial charge in [0.25, 0.3) is 0 Å². The van der Waals surface area contributed by atoms with Gasteiger partial charge in [-0.2, -0.15) is 16.8 Å². The first-order valence-corrected chi connectivity index (χ1v) is 9.51. The summed E-state index contributed by atoms with van der Waals surface area (Å²) in [5.41, 5.74) is 26.9. The first kappa shape index (κ1) is 17.5. The summed E-state index contributed by atoms with van der Waals surface area (Å²) >= 11 is 0. The monoisotopic (exact) mass is 392 g/mol. The molecule has 2 aromatic rings. The van der Waals surface area contributed by atoms with Crippen LogP contribution in [0, 0.1) is 0 Å². The van der Waals surface area contributed by atoms with Gasteiger partial charge < -0.3 is 32.7 Å². The van der Waals surface area contributed by atoms with E-state index in [1.807, 2.05) is 4.90 Å². The molecule has 2 aliphatic rings. The Morgan fingerprint density at radius 1 is 0.852 bits per heavy atom. The molecule has 2 aromatic carbocycles. The zero-order valence-corrected chi connectivity index (χ0v) is 15.1. The van der Waals surface area contributed by atoms with E-state index in [2.05, 4.69) is 0 Å². The first-order chi connectivity index (χ1) is 12.7. The molecule has 2 saturated heterocycles. The van der Waals surface area contributed by atoms with Crippen LogP contribution in [0.2, 0.25) is 0 Å². The third kappa shape index (κ3) is 2.95. The Morgan fingerprint density at radius 3 is 1.93 bits per heavy atom. The van der Waals surface area contributed by atoms with Crippen LogP contribution in [-0.2, 0) is 18.8 Å². The van der Waals surface area contributed by atoms with Crippen LogP contribution in [-0.4, -0.2) is 34.0 Å². The highest BCUT2D eigenvalue weighted by Gasteiger charge is 2.60. The Morgan fingerprint density at radius 2 is 1.41 bits per heavy atom. The average molecular weight is 392 g/mol. The smallest absolute Gasteiger partial charge is 0.399 e. The third-order valence-electron chi connectivity index (χ3n) is 4.59. The van der Waals surface area contributed by atoms with E-state index in [0.29, 0.717) is 47.2 Å². The van der Waals surface area contributed by atoms with Gasteiger partial charge in [0.2, 0.25) is 0 Å². The van der Waals surface area contributed by atoms with Crippen molar-refractivity contribution in [2.45, 2.75) is 5.91 Å². The van der Waals surface area contributed by atoms with Crippen LogP contribution in [0.4, 0.5) is 34.1 Å². The number of hydrogen-bond acceptors (Lipinski definition) is 10. The highest BCUT2D eigenvalue weighted by molar-refractivity contribution is 7.82. The van der Waals surface area contributed by atoms with Crippen molar-refractivity contribution in [1.29, 1.82) is 0 Å². The molecule has 0 unspecified atom stereocenters. The molecule has 0 saturated carbocycles. The van der Waals surface area contributed by atoms with Crippen LogP contribution in [0.1, 0.15) is 0 Å². The van der Waals surface area contributed by atoms with Crippen molar-refractivity contribution in [3.05, 3.63) is 36.4 Å². The molecular formula is C16H20N6O4S. The predicted octanol–water partition coefficient (Wildman–Crippen LogP) is 0.287. The summed E-state index contributed by atoms with van der Waals surface area (Å²) in [5, 5.41) is 0. The molecule has 27 heavy (non-hydrogen) atoms. The summed E-state index contributed by atoms with van der Waals surface area (Å²) in [7, 11) is -4.06. The molecule has 0 aromatic heterocycles. The van der Waals surface area contributed by atoms with Gasteiger partial charge in [-0.3, -0.25) is 0 Å². The normalized spacial score (nSPS) is 20.4. The van der Waals surface area contributed by atoms with Gasteiger partial charge in [-0.15, -0.1) is 0 Å². The maximum absolute atomic E-state index is 11.6. The Labute approximate surface area is 156 Å². The molecule has 4 rings (SSSR count). The molecule has 2 aliphatic heterocycles. The standard InChI is InChI=1S/C16H20N6O4S/c17-10-1-3-14(12(19)7-10)21-5-6-22(15-4-2-11(18)8-13(15)20)16(9-21)25-27(23,24)26-16/h1-4,7-8H,5-6,9,17-20H2. The molecule has 2 heterocycles. The van der Waals surface area contributed by atoms with E-state index >= 15 is 0 Å². The second-order valence-corrected chi connectivity index (χ2v) is 7.65. The molecule has 0 radical (unpaired) electrons. The average Bonchev–Trinajstić information content (AvgIpc) is 2.54. The van der Waals surface area contributed by atoms with Gasteiger partial charge in [-0.1, -0.05) is 0 Å². The lowest BCUT2D eigenvalue weighted by Crippen LogP contribution is -2.72. The number of rotatable bonds is 2. The lowest BCUT2D eigenvalue weighted by molar-refractivity contribution is -0.184. The second-order valence-electron chi connectivity index (χ2n) is 6.50. The fourth-order valence-corrected chi connectivity index (χ4v) is 4.39. The lowest BCUT2D eigenvalue weighted by atomic mass is 10.1. The number of nitrogens with zero attached hydrogens (tertiary/aromatic N) is 2. The Kier molecular flexibility index (Phi) is 3.77. The number of hydrogen-bond donors (Lipinski definition) is 4. The number of piperazine rings is 1. The van der Waals surface area contributed by atoms with Crippen molar-refractivity contribution in [3.8, 4) is 0 Å². The van der Waals surface area contributed by atoms with Crippen LogP contribution in [0.15, 0.2) is 36.4 Å². The van der Waals surface area contributed by atoms with E-state index in [1.165, 1.54) is 0 Å². The van der Waals surface area contributed by atoms with E-state index in [9.17, 15) is 8.42 Å². The van der Waals surface area contributed by atoms with Crippen LogP contribution >= 0.6 is 0 Å². The largest absolute Gasteiger partial charge is 0.408 e. The van der Waals surface area contributed by atoms with Crippen LogP contribution < -0.4 is 32.7 Å². The van der Waals surface area contributed by atoms with Gasteiger partial charge in [0, 0.05) is 24.5 Å². The summed E-state index contributed by atoms with van der Waals surface area (Å²) < 4.78 is 33.7. The zero-order chi connectivity index (χ0) is 19.4. The molecule has 0 bridgehead atoms. The fraction of sp³-hybridized carbons (Fsp3) is 0.250. The van der Waals surface area contributed by atoms with E-state index < -0.39 is 16.3 Å². The zero-order valence-electron chi connectivity index (χ0n) is 14.3. The van der Waals surface area contributed by atoms with Crippen LogP contribution in [0.5, 0.6) is 0 Å². The van der Waals surface area contributed by atoms with Crippen LogP contribution in [0.25, 0.3) is 0 Å². The SMILES string of the molecule is Nc1ccc(N2CCN(c3ccc(N)cc3N)C3(C2)OS(=O)(=O)O3)c(N)c1. The van der Waals surface area contributed by atoms with Gasteiger partial charge in [0.15, 0.2) is 0 Å². The quantitative estimate of drug-likeness (QED) is 0.522. The van der Waals surface area contributed by atoms with Crippen molar-refractivity contribution in [3.63, 3.8) is 0 Å². The van der Waals surface area contributed by atoms with Crippen LogP contribution in [0.3, 0.4) is 0 Å². The van der Waals surface area contributed by atoms with Gasteiger partial charge in [0.1, 0.15) is 0 Å². The second kappa shape index (κ2) is 5.81. The van der Waals surface area contributed by atoms with Crippen molar-refractivity contribution < 1.29 is 16.8 Å². The summed E-state index contributed by atoms with van der Waals surface area (Å²) in [4.78, 5) is 3.56. The minimum Gasteiger partial charge on any atom is -0.399 e. The molecule has 10 nitrogen and oxygen atoms in total. The molecule has 0 aliphatic carbocycles. The summed E-state index contributed by atoms with van der Waals surface area (Å²) in [6.45, 7) is 1.02. The Hall–Kier alpha value is -2.89. The summed E-state index contributed by atoms with van der Waals surface area (Å²) in [6, 6.07) is 10.1. The molecule has 11 heteroatoms. The molecule has 1 spiro atoms. The summed E-state index contributed by atoms with van der Waals surface area (Å²) in [6.07, 6.45) is 0. The van der Waals surface area contributed by atoms with Gasteiger partial charge in [-0.05, 0) is 36.4 Å². The van der Waals surface area contributed by atoms with Gasteiger partial charge >= 0.3 is 16.3 Å². The first-order valence-electron chi connectivity index (χ1n) is 8.18. The van der Waals surface area contributed by atoms with E-state index in [-0.39, 0.29) is 6.54 Å². The van der Waals surface area contributed by atoms with E-state index in [4.69, 9.17) is 31.3 Å². The number of nitrogen functional groups attached to an aromatic ring is 4.